The van der Waals surface area contributed by atoms with Gasteiger partial charge < -0.3 is 14.6 Å². The topological polar surface area (TPSA) is 52.0 Å². The van der Waals surface area contributed by atoms with Crippen LogP contribution in [0, 0.1) is 6.92 Å². The standard InChI is InChI=1S/C10H20N4O/c1-8(2)11-5-6-15-7-10-13-12-9(3)14(10)4/h8,11H,5-7H2,1-4H3. The summed E-state index contributed by atoms with van der Waals surface area (Å²) in [6.07, 6.45) is 0. The van der Waals surface area contributed by atoms with Gasteiger partial charge in [-0.3, -0.25) is 0 Å². The summed E-state index contributed by atoms with van der Waals surface area (Å²) in [6.45, 7) is 8.25. The molecule has 0 saturated carbocycles. The van der Waals surface area contributed by atoms with E-state index in [-0.39, 0.29) is 0 Å². The van der Waals surface area contributed by atoms with Crippen molar-refractivity contribution in [3.05, 3.63) is 11.6 Å². The highest BCUT2D eigenvalue weighted by molar-refractivity contribution is 4.90. The van der Waals surface area contributed by atoms with Crippen LogP contribution in [0.3, 0.4) is 0 Å². The average molecular weight is 212 g/mol. The van der Waals surface area contributed by atoms with Gasteiger partial charge >= 0.3 is 0 Å². The summed E-state index contributed by atoms with van der Waals surface area (Å²) in [7, 11) is 1.94. The summed E-state index contributed by atoms with van der Waals surface area (Å²) in [6, 6.07) is 0.505. The molecule has 0 fully saturated rings. The van der Waals surface area contributed by atoms with E-state index in [0.29, 0.717) is 19.3 Å². The van der Waals surface area contributed by atoms with Gasteiger partial charge in [-0.25, -0.2) is 0 Å². The van der Waals surface area contributed by atoms with Gasteiger partial charge in [0.15, 0.2) is 5.82 Å². The average Bonchev–Trinajstić information content (AvgIpc) is 2.48. The van der Waals surface area contributed by atoms with Gasteiger partial charge in [-0.05, 0) is 6.92 Å². The van der Waals surface area contributed by atoms with Crippen LogP contribution in [0.2, 0.25) is 0 Å². The maximum Gasteiger partial charge on any atom is 0.158 e. The third kappa shape index (κ3) is 3.97. The molecule has 0 aliphatic heterocycles. The largest absolute Gasteiger partial charge is 0.372 e. The Kier molecular flexibility index (Phi) is 4.71. The van der Waals surface area contributed by atoms with Crippen LogP contribution in [0.25, 0.3) is 0 Å². The fourth-order valence-corrected chi connectivity index (χ4v) is 1.16. The van der Waals surface area contributed by atoms with Crippen molar-refractivity contribution in [2.75, 3.05) is 13.2 Å². The molecule has 0 atom stereocenters. The van der Waals surface area contributed by atoms with Crippen LogP contribution < -0.4 is 5.32 Å². The zero-order valence-corrected chi connectivity index (χ0v) is 9.95. The van der Waals surface area contributed by atoms with Crippen molar-refractivity contribution in [2.45, 2.75) is 33.4 Å². The number of ether oxygens (including phenoxy) is 1. The Morgan fingerprint density at radius 2 is 2.13 bits per heavy atom. The first kappa shape index (κ1) is 12.1. The van der Waals surface area contributed by atoms with E-state index in [1.165, 1.54) is 0 Å². The predicted octanol–water partition coefficient (Wildman–Crippen LogP) is 0.638. The maximum atomic E-state index is 5.48. The van der Waals surface area contributed by atoms with Crippen molar-refractivity contribution in [2.24, 2.45) is 7.05 Å². The van der Waals surface area contributed by atoms with Crippen LogP contribution in [0.4, 0.5) is 0 Å². The van der Waals surface area contributed by atoms with Gasteiger partial charge in [0.2, 0.25) is 0 Å². The van der Waals surface area contributed by atoms with Crippen LogP contribution in [0.5, 0.6) is 0 Å². The van der Waals surface area contributed by atoms with Gasteiger partial charge in [0.25, 0.3) is 0 Å². The van der Waals surface area contributed by atoms with E-state index in [9.17, 15) is 0 Å². The first-order valence-corrected chi connectivity index (χ1v) is 5.27. The van der Waals surface area contributed by atoms with Crippen LogP contribution >= 0.6 is 0 Å². The third-order valence-electron chi connectivity index (χ3n) is 2.21. The first-order valence-electron chi connectivity index (χ1n) is 5.27. The molecule has 1 heterocycles. The van der Waals surface area contributed by atoms with E-state index in [4.69, 9.17) is 4.74 Å². The molecule has 1 aromatic rings. The monoisotopic (exact) mass is 212 g/mol. The summed E-state index contributed by atoms with van der Waals surface area (Å²) in [5, 5.41) is 11.3. The van der Waals surface area contributed by atoms with Crippen LogP contribution in [0.15, 0.2) is 0 Å². The normalized spacial score (nSPS) is 11.3. The first-order chi connectivity index (χ1) is 7.11. The molecule has 0 saturated heterocycles. The summed E-state index contributed by atoms with van der Waals surface area (Å²) in [5.41, 5.74) is 0. The molecule has 0 aliphatic carbocycles. The van der Waals surface area contributed by atoms with Crippen molar-refractivity contribution in [3.63, 3.8) is 0 Å². The number of nitrogens with one attached hydrogen (secondary N) is 1. The molecule has 5 nitrogen and oxygen atoms in total. The highest BCUT2D eigenvalue weighted by atomic mass is 16.5. The molecule has 15 heavy (non-hydrogen) atoms. The SMILES string of the molecule is Cc1nnc(COCCNC(C)C)n1C. The summed E-state index contributed by atoms with van der Waals surface area (Å²) < 4.78 is 7.42. The lowest BCUT2D eigenvalue weighted by Gasteiger charge is -2.08. The fraction of sp³-hybridized carbons (Fsp3) is 0.800. The number of aromatic nitrogens is 3. The quantitative estimate of drug-likeness (QED) is 0.703. The number of aryl methyl sites for hydroxylation is 1. The van der Waals surface area contributed by atoms with E-state index in [1.807, 2.05) is 18.5 Å². The Balaban J connectivity index is 2.18. The summed E-state index contributed by atoms with van der Waals surface area (Å²) in [5.74, 6) is 1.78. The predicted molar refractivity (Wildman–Crippen MR) is 58.5 cm³/mol. The number of rotatable bonds is 6. The Labute approximate surface area is 90.8 Å². The second-order valence-electron chi connectivity index (χ2n) is 3.88. The highest BCUT2D eigenvalue weighted by Crippen LogP contribution is 1.98. The molecular weight excluding hydrogens is 192 g/mol. The minimum Gasteiger partial charge on any atom is -0.372 e. The number of nitrogens with zero attached hydrogens (tertiary/aromatic N) is 3. The van der Waals surface area contributed by atoms with E-state index in [0.717, 1.165) is 18.2 Å². The second kappa shape index (κ2) is 5.82. The lowest BCUT2D eigenvalue weighted by molar-refractivity contribution is 0.114. The Hall–Kier alpha value is -0.940. The Morgan fingerprint density at radius 3 is 2.67 bits per heavy atom. The molecule has 0 aromatic carbocycles. The van der Waals surface area contributed by atoms with Gasteiger partial charge in [0.05, 0.1) is 6.61 Å². The second-order valence-corrected chi connectivity index (χ2v) is 3.88. The third-order valence-corrected chi connectivity index (χ3v) is 2.21. The van der Waals surface area contributed by atoms with Crippen molar-refractivity contribution < 1.29 is 4.74 Å². The van der Waals surface area contributed by atoms with Gasteiger partial charge in [-0.2, -0.15) is 0 Å². The maximum absolute atomic E-state index is 5.48. The van der Waals surface area contributed by atoms with Crippen molar-refractivity contribution >= 4 is 0 Å². The molecule has 0 amide bonds. The van der Waals surface area contributed by atoms with Gasteiger partial charge in [0, 0.05) is 19.6 Å². The van der Waals surface area contributed by atoms with Crippen LogP contribution in [0.1, 0.15) is 25.5 Å². The van der Waals surface area contributed by atoms with Crippen molar-refractivity contribution in [1.82, 2.24) is 20.1 Å². The molecule has 86 valence electrons. The zero-order valence-electron chi connectivity index (χ0n) is 9.95. The van der Waals surface area contributed by atoms with Crippen molar-refractivity contribution in [3.8, 4) is 0 Å². The minimum absolute atomic E-state index is 0.505. The van der Waals surface area contributed by atoms with Crippen LogP contribution in [-0.2, 0) is 18.4 Å². The van der Waals surface area contributed by atoms with E-state index < -0.39 is 0 Å². The lowest BCUT2D eigenvalue weighted by atomic mass is 10.4. The lowest BCUT2D eigenvalue weighted by Crippen LogP contribution is -2.26. The molecule has 0 spiro atoms. The van der Waals surface area contributed by atoms with Gasteiger partial charge in [-0.1, -0.05) is 13.8 Å². The van der Waals surface area contributed by atoms with E-state index in [2.05, 4.69) is 29.4 Å². The molecule has 0 bridgehead atoms. The Morgan fingerprint density at radius 1 is 1.40 bits per heavy atom. The van der Waals surface area contributed by atoms with Crippen LogP contribution in [-0.4, -0.2) is 34.0 Å². The number of hydrogen-bond donors (Lipinski definition) is 1. The zero-order chi connectivity index (χ0) is 11.3. The highest BCUT2D eigenvalue weighted by Gasteiger charge is 2.03. The van der Waals surface area contributed by atoms with Crippen molar-refractivity contribution in [1.29, 1.82) is 0 Å². The molecule has 5 heteroatoms. The van der Waals surface area contributed by atoms with E-state index >= 15 is 0 Å². The summed E-state index contributed by atoms with van der Waals surface area (Å²) >= 11 is 0. The van der Waals surface area contributed by atoms with Gasteiger partial charge in [0.1, 0.15) is 12.4 Å². The molecule has 0 aliphatic rings. The smallest absolute Gasteiger partial charge is 0.158 e. The van der Waals surface area contributed by atoms with Gasteiger partial charge in [-0.15, -0.1) is 10.2 Å². The molecular formula is C10H20N4O. The minimum atomic E-state index is 0.505. The molecule has 0 unspecified atom stereocenters. The molecule has 1 N–H and O–H groups in total. The number of hydrogen-bond acceptors (Lipinski definition) is 4. The molecule has 1 rings (SSSR count). The fourth-order valence-electron chi connectivity index (χ4n) is 1.16. The Bertz CT molecular complexity index is 296. The van der Waals surface area contributed by atoms with E-state index in [1.54, 1.807) is 0 Å². The molecule has 0 radical (unpaired) electrons. The summed E-state index contributed by atoms with van der Waals surface area (Å²) in [4.78, 5) is 0. The molecule has 1 aromatic heterocycles.